The van der Waals surface area contributed by atoms with Crippen LogP contribution in [0.2, 0.25) is 0 Å². The lowest BCUT2D eigenvalue weighted by atomic mass is 10.1. The van der Waals surface area contributed by atoms with E-state index in [1.165, 1.54) is 16.7 Å². The highest BCUT2D eigenvalue weighted by molar-refractivity contribution is 9.10. The Morgan fingerprint density at radius 1 is 1.04 bits per heavy atom. The van der Waals surface area contributed by atoms with E-state index in [9.17, 15) is 0 Å². The van der Waals surface area contributed by atoms with Crippen molar-refractivity contribution in [2.24, 2.45) is 0 Å². The molecule has 0 saturated heterocycles. The molecule has 6 heteroatoms. The van der Waals surface area contributed by atoms with Crippen molar-refractivity contribution >= 4 is 44.6 Å². The Balaban J connectivity index is 1.60. The third-order valence-electron chi connectivity index (χ3n) is 3.63. The van der Waals surface area contributed by atoms with E-state index in [-0.39, 0.29) is 0 Å². The lowest BCUT2D eigenvalue weighted by Crippen LogP contribution is -2.18. The molecule has 0 bridgehead atoms. The summed E-state index contributed by atoms with van der Waals surface area (Å²) in [7, 11) is 0. The fourth-order valence-electron chi connectivity index (χ4n) is 2.63. The van der Waals surface area contributed by atoms with E-state index in [2.05, 4.69) is 75.8 Å². The average molecular weight is 415 g/mol. The Kier molecular flexibility index (Phi) is 5.50. The summed E-state index contributed by atoms with van der Waals surface area (Å²) in [5.74, 6) is 0. The molecule has 3 aromatic rings. The molecule has 1 heterocycles. The number of nitrogens with zero attached hydrogens (tertiary/aromatic N) is 2. The average Bonchev–Trinajstić information content (AvgIpc) is 2.95. The summed E-state index contributed by atoms with van der Waals surface area (Å²) >= 11 is 8.84. The zero-order valence-corrected chi connectivity index (χ0v) is 16.5. The van der Waals surface area contributed by atoms with Crippen molar-refractivity contribution in [2.45, 2.75) is 20.4 Å². The van der Waals surface area contributed by atoms with Gasteiger partial charge in [-0.15, -0.1) is 0 Å². The fraction of sp³-hybridized carbons (Fsp3) is 0.158. The van der Waals surface area contributed by atoms with Gasteiger partial charge in [0.25, 0.3) is 0 Å². The van der Waals surface area contributed by atoms with Crippen LogP contribution in [0, 0.1) is 13.8 Å². The quantitative estimate of drug-likeness (QED) is 0.581. The minimum atomic E-state index is 0.549. The zero-order valence-electron chi connectivity index (χ0n) is 14.1. The molecule has 1 aromatic heterocycles. The van der Waals surface area contributed by atoms with E-state index in [0.29, 0.717) is 11.7 Å². The maximum Gasteiger partial charge on any atom is 0.175 e. The van der Waals surface area contributed by atoms with Gasteiger partial charge in [-0.2, -0.15) is 5.10 Å². The molecule has 0 radical (unpaired) electrons. The molecule has 2 aromatic carbocycles. The highest BCUT2D eigenvalue weighted by Crippen LogP contribution is 2.15. The van der Waals surface area contributed by atoms with E-state index < -0.39 is 0 Å². The Hall–Kier alpha value is -2.18. The summed E-state index contributed by atoms with van der Waals surface area (Å²) in [5.41, 5.74) is 5.44. The van der Waals surface area contributed by atoms with Crippen molar-refractivity contribution in [1.82, 2.24) is 9.78 Å². The molecule has 0 unspecified atom stereocenters. The molecule has 0 aliphatic heterocycles. The second-order valence-electron chi connectivity index (χ2n) is 6.01. The van der Waals surface area contributed by atoms with E-state index in [1.54, 1.807) is 6.20 Å². The van der Waals surface area contributed by atoms with Gasteiger partial charge in [0.1, 0.15) is 0 Å². The molecule has 0 fully saturated rings. The maximum atomic E-state index is 5.39. The van der Waals surface area contributed by atoms with E-state index in [4.69, 9.17) is 12.2 Å². The normalized spacial score (nSPS) is 10.5. The fourth-order valence-corrected chi connectivity index (χ4v) is 3.13. The van der Waals surface area contributed by atoms with Crippen molar-refractivity contribution < 1.29 is 0 Å². The number of benzene rings is 2. The Morgan fingerprint density at radius 2 is 1.68 bits per heavy atom. The van der Waals surface area contributed by atoms with Crippen molar-refractivity contribution in [2.75, 3.05) is 10.6 Å². The largest absolute Gasteiger partial charge is 0.332 e. The minimum Gasteiger partial charge on any atom is -0.332 e. The van der Waals surface area contributed by atoms with Gasteiger partial charge < -0.3 is 10.6 Å². The predicted octanol–water partition coefficient (Wildman–Crippen LogP) is 5.12. The number of halogens is 1. The van der Waals surface area contributed by atoms with Crippen LogP contribution in [0.1, 0.15) is 16.7 Å². The summed E-state index contributed by atoms with van der Waals surface area (Å²) < 4.78 is 2.95. The molecule has 25 heavy (non-hydrogen) atoms. The summed E-state index contributed by atoms with van der Waals surface area (Å²) in [4.78, 5) is 0. The maximum absolute atomic E-state index is 5.39. The zero-order chi connectivity index (χ0) is 17.8. The van der Waals surface area contributed by atoms with E-state index in [1.807, 2.05) is 23.0 Å². The summed E-state index contributed by atoms with van der Waals surface area (Å²) in [6.07, 6.45) is 3.71. The van der Waals surface area contributed by atoms with Crippen molar-refractivity contribution in [1.29, 1.82) is 0 Å². The van der Waals surface area contributed by atoms with Gasteiger partial charge in [0, 0.05) is 16.4 Å². The van der Waals surface area contributed by atoms with Gasteiger partial charge >= 0.3 is 0 Å². The number of rotatable bonds is 4. The number of aromatic nitrogens is 2. The molecule has 0 aliphatic rings. The molecule has 0 amide bonds. The molecule has 0 saturated carbocycles. The first-order chi connectivity index (χ1) is 12.0. The van der Waals surface area contributed by atoms with Crippen LogP contribution < -0.4 is 10.6 Å². The van der Waals surface area contributed by atoms with Gasteiger partial charge in [0.15, 0.2) is 5.11 Å². The predicted molar refractivity (Wildman–Crippen MR) is 111 cm³/mol. The highest BCUT2D eigenvalue weighted by Gasteiger charge is 2.04. The third-order valence-corrected chi connectivity index (χ3v) is 4.36. The Labute approximate surface area is 161 Å². The summed E-state index contributed by atoms with van der Waals surface area (Å²) in [6.45, 7) is 4.86. The Bertz CT molecular complexity index is 866. The van der Waals surface area contributed by atoms with Crippen molar-refractivity contribution in [3.8, 4) is 0 Å². The molecule has 0 spiro atoms. The van der Waals surface area contributed by atoms with Crippen LogP contribution >= 0.6 is 28.1 Å². The number of hydrogen-bond acceptors (Lipinski definition) is 2. The molecule has 128 valence electrons. The van der Waals surface area contributed by atoms with Crippen LogP contribution in [0.4, 0.5) is 11.4 Å². The highest BCUT2D eigenvalue weighted by atomic mass is 79.9. The van der Waals surface area contributed by atoms with Crippen LogP contribution in [0.25, 0.3) is 0 Å². The first-order valence-corrected chi connectivity index (χ1v) is 9.11. The molecular formula is C19H19BrN4S. The first kappa shape index (κ1) is 17.6. The number of anilines is 2. The van der Waals surface area contributed by atoms with E-state index >= 15 is 0 Å². The smallest absolute Gasteiger partial charge is 0.175 e. The standard InChI is InChI=1S/C19H19BrN4S/c1-13-7-14(2)9-17(8-13)22-19(25)23-18-10-21-24(12-18)11-15-3-5-16(20)6-4-15/h3-10,12H,11H2,1-2H3,(H2,22,23,25). The monoisotopic (exact) mass is 414 g/mol. The van der Waals surface area contributed by atoms with Gasteiger partial charge in [0.05, 0.1) is 18.4 Å². The molecular weight excluding hydrogens is 396 g/mol. The van der Waals surface area contributed by atoms with Crippen molar-refractivity contribution in [3.05, 3.63) is 76.0 Å². The van der Waals surface area contributed by atoms with Gasteiger partial charge in [-0.05, 0) is 67.0 Å². The molecule has 0 atom stereocenters. The second-order valence-corrected chi connectivity index (χ2v) is 7.33. The summed E-state index contributed by atoms with van der Waals surface area (Å²) in [6, 6.07) is 14.5. The molecule has 2 N–H and O–H groups in total. The summed E-state index contributed by atoms with van der Waals surface area (Å²) in [5, 5.41) is 11.3. The lowest BCUT2D eigenvalue weighted by Gasteiger charge is -2.10. The number of aryl methyl sites for hydroxylation is 2. The molecule has 0 aliphatic carbocycles. The van der Waals surface area contributed by atoms with Crippen LogP contribution in [-0.4, -0.2) is 14.9 Å². The van der Waals surface area contributed by atoms with Gasteiger partial charge in [-0.25, -0.2) is 0 Å². The third kappa shape index (κ3) is 5.14. The van der Waals surface area contributed by atoms with Gasteiger partial charge in [-0.1, -0.05) is 34.1 Å². The minimum absolute atomic E-state index is 0.549. The molecule has 3 rings (SSSR count). The van der Waals surface area contributed by atoms with Crippen LogP contribution in [0.15, 0.2) is 59.3 Å². The van der Waals surface area contributed by atoms with Crippen LogP contribution in [0.5, 0.6) is 0 Å². The van der Waals surface area contributed by atoms with Gasteiger partial charge in [-0.3, -0.25) is 4.68 Å². The first-order valence-electron chi connectivity index (χ1n) is 7.91. The topological polar surface area (TPSA) is 41.9 Å². The SMILES string of the molecule is Cc1cc(C)cc(NC(=S)Nc2cnn(Cc3ccc(Br)cc3)c2)c1. The number of thiocarbonyl (C=S) groups is 1. The number of hydrogen-bond donors (Lipinski definition) is 2. The Morgan fingerprint density at radius 3 is 2.36 bits per heavy atom. The van der Waals surface area contributed by atoms with Crippen LogP contribution in [-0.2, 0) is 6.54 Å². The number of nitrogens with one attached hydrogen (secondary N) is 2. The second kappa shape index (κ2) is 7.80. The molecule has 4 nitrogen and oxygen atoms in total. The van der Waals surface area contributed by atoms with E-state index in [0.717, 1.165) is 15.8 Å². The lowest BCUT2D eigenvalue weighted by molar-refractivity contribution is 0.687. The van der Waals surface area contributed by atoms with Gasteiger partial charge in [0.2, 0.25) is 0 Å². The van der Waals surface area contributed by atoms with Crippen molar-refractivity contribution in [3.63, 3.8) is 0 Å². The van der Waals surface area contributed by atoms with Crippen LogP contribution in [0.3, 0.4) is 0 Å².